The number of benzene rings is 2. The predicted molar refractivity (Wildman–Crippen MR) is 127 cm³/mol. The molecule has 2 aromatic carbocycles. The molecule has 3 aromatic rings. The fourth-order valence-electron chi connectivity index (χ4n) is 3.56. The van der Waals surface area contributed by atoms with Crippen molar-refractivity contribution in [1.82, 2.24) is 9.55 Å². The largest absolute Gasteiger partial charge is 0.459 e. The summed E-state index contributed by atoms with van der Waals surface area (Å²) in [6, 6.07) is 12.3. The van der Waals surface area contributed by atoms with Gasteiger partial charge >= 0.3 is 17.6 Å². The molecule has 1 fully saturated rings. The summed E-state index contributed by atoms with van der Waals surface area (Å²) in [5, 5.41) is 0.935. The van der Waals surface area contributed by atoms with Crippen LogP contribution in [0.2, 0.25) is 10.0 Å². The van der Waals surface area contributed by atoms with Gasteiger partial charge in [-0.25, -0.2) is 14.4 Å². The van der Waals surface area contributed by atoms with Crippen LogP contribution in [0.3, 0.4) is 0 Å². The van der Waals surface area contributed by atoms with Gasteiger partial charge in [0.15, 0.2) is 0 Å². The Bertz CT molecular complexity index is 1350. The predicted octanol–water partition coefficient (Wildman–Crippen LogP) is 3.52. The van der Waals surface area contributed by atoms with Gasteiger partial charge in [0.2, 0.25) is 0 Å². The second kappa shape index (κ2) is 10.5. The number of carbonyl (C=O) groups is 2. The van der Waals surface area contributed by atoms with Gasteiger partial charge in [0, 0.05) is 28.2 Å². The molecular weight excluding hydrogens is 499 g/mol. The van der Waals surface area contributed by atoms with Gasteiger partial charge in [0.25, 0.3) is 5.56 Å². The Morgan fingerprint density at radius 1 is 1.00 bits per heavy atom. The van der Waals surface area contributed by atoms with E-state index in [1.54, 1.807) is 31.2 Å². The number of nitrogens with zero attached hydrogens (tertiary/aromatic N) is 1. The van der Waals surface area contributed by atoms with Gasteiger partial charge in [-0.15, -0.1) is 0 Å². The van der Waals surface area contributed by atoms with Crippen molar-refractivity contribution < 1.29 is 23.8 Å². The highest BCUT2D eigenvalue weighted by Crippen LogP contribution is 2.31. The van der Waals surface area contributed by atoms with Crippen LogP contribution in [-0.4, -0.2) is 40.3 Å². The Kier molecular flexibility index (Phi) is 7.39. The summed E-state index contributed by atoms with van der Waals surface area (Å²) in [7, 11) is 0. The molecule has 0 spiro atoms. The first-order valence-corrected chi connectivity index (χ1v) is 11.3. The number of esters is 2. The second-order valence-corrected chi connectivity index (χ2v) is 8.77. The molecule has 1 saturated heterocycles. The van der Waals surface area contributed by atoms with E-state index >= 15 is 0 Å². The maximum atomic E-state index is 12.7. The molecule has 1 aromatic heterocycles. The first-order valence-electron chi connectivity index (χ1n) is 10.6. The summed E-state index contributed by atoms with van der Waals surface area (Å²) in [6.07, 6.45) is -1.12. The van der Waals surface area contributed by atoms with E-state index < -0.39 is 41.6 Å². The third-order valence-electron chi connectivity index (χ3n) is 5.43. The van der Waals surface area contributed by atoms with Crippen LogP contribution >= 0.6 is 23.2 Å². The fraction of sp³-hybridized carbons (Fsp3) is 0.250. The number of hydrogen-bond acceptors (Lipinski definition) is 7. The van der Waals surface area contributed by atoms with E-state index in [1.807, 2.05) is 0 Å². The lowest BCUT2D eigenvalue weighted by Gasteiger charge is -2.19. The normalized spacial score (nSPS) is 19.3. The van der Waals surface area contributed by atoms with Crippen LogP contribution in [0.4, 0.5) is 0 Å². The average Bonchev–Trinajstić information content (AvgIpc) is 3.22. The molecule has 0 amide bonds. The van der Waals surface area contributed by atoms with Crippen molar-refractivity contribution in [3.05, 3.63) is 102 Å². The molecule has 11 heteroatoms. The molecule has 0 saturated carbocycles. The number of nitrogens with one attached hydrogen (secondary N) is 1. The number of aryl methyl sites for hydroxylation is 1. The van der Waals surface area contributed by atoms with E-state index in [9.17, 15) is 19.2 Å². The minimum Gasteiger partial charge on any atom is -0.459 e. The molecule has 3 atom stereocenters. The molecule has 0 bridgehead atoms. The highest BCUT2D eigenvalue weighted by molar-refractivity contribution is 6.31. The Labute approximate surface area is 209 Å². The van der Waals surface area contributed by atoms with E-state index in [1.165, 1.54) is 35.0 Å². The lowest BCUT2D eigenvalue weighted by molar-refractivity contribution is -0.0582. The number of rotatable bonds is 6. The van der Waals surface area contributed by atoms with Crippen molar-refractivity contribution in [2.24, 2.45) is 0 Å². The summed E-state index contributed by atoms with van der Waals surface area (Å²) in [5.74, 6) is -1.25. The van der Waals surface area contributed by atoms with E-state index in [4.69, 9.17) is 37.4 Å². The van der Waals surface area contributed by atoms with Crippen LogP contribution in [0.1, 0.15) is 38.9 Å². The third kappa shape index (κ3) is 5.82. The monoisotopic (exact) mass is 518 g/mol. The number of halogens is 2. The number of hydrogen-bond donors (Lipinski definition) is 1. The van der Waals surface area contributed by atoms with Gasteiger partial charge in [0.1, 0.15) is 25.0 Å². The number of aromatic amines is 1. The zero-order valence-electron chi connectivity index (χ0n) is 18.4. The first-order chi connectivity index (χ1) is 16.7. The first kappa shape index (κ1) is 24.7. The van der Waals surface area contributed by atoms with Crippen LogP contribution in [-0.2, 0) is 14.2 Å². The topological polar surface area (TPSA) is 117 Å². The maximum absolute atomic E-state index is 12.7. The standard InChI is InChI=1S/C24H20Cl2N2O7/c1-13-11-28(24(32)27-21(13)29)20-10-18(35-23(31)15-4-8-17(26)9-5-15)19(34-20)12-33-22(30)14-2-6-16(25)7-3-14/h2-9,11,18-20H,10,12H2,1H3,(H,27,29,32)/t18-,19+,20+/m1/s1. The van der Waals surface area contributed by atoms with Gasteiger partial charge in [-0.1, -0.05) is 23.2 Å². The van der Waals surface area contributed by atoms with E-state index in [-0.39, 0.29) is 24.2 Å². The summed E-state index contributed by atoms with van der Waals surface area (Å²) < 4.78 is 18.2. The van der Waals surface area contributed by atoms with Gasteiger partial charge < -0.3 is 14.2 Å². The SMILES string of the molecule is Cc1cn([C@@H]2C[C@@H](OC(=O)c3ccc(Cl)cc3)[C@H](COC(=O)c3ccc(Cl)cc3)O2)c(=O)[nH]c1=O. The number of ether oxygens (including phenoxy) is 3. The lowest BCUT2D eigenvalue weighted by Crippen LogP contribution is -2.33. The minimum atomic E-state index is -0.869. The molecule has 0 aliphatic carbocycles. The Morgan fingerprint density at radius 2 is 1.57 bits per heavy atom. The summed E-state index contributed by atoms with van der Waals surface area (Å²) in [5.41, 5.74) is -0.325. The Morgan fingerprint density at radius 3 is 2.17 bits per heavy atom. The maximum Gasteiger partial charge on any atom is 0.338 e. The molecule has 4 rings (SSSR count). The van der Waals surface area contributed by atoms with Crippen LogP contribution in [0, 0.1) is 6.92 Å². The summed E-state index contributed by atoms with van der Waals surface area (Å²) in [4.78, 5) is 51.5. The van der Waals surface area contributed by atoms with Crippen molar-refractivity contribution in [3.63, 3.8) is 0 Å². The molecule has 0 unspecified atom stereocenters. The molecule has 1 N–H and O–H groups in total. The van der Waals surface area contributed by atoms with Gasteiger partial charge in [-0.3, -0.25) is 14.3 Å². The third-order valence-corrected chi connectivity index (χ3v) is 5.94. The lowest BCUT2D eigenvalue weighted by atomic mass is 10.1. The van der Waals surface area contributed by atoms with Crippen LogP contribution in [0.5, 0.6) is 0 Å². The molecule has 1 aliphatic heterocycles. The molecule has 2 heterocycles. The highest BCUT2D eigenvalue weighted by atomic mass is 35.5. The van der Waals surface area contributed by atoms with E-state index in [2.05, 4.69) is 4.98 Å². The minimum absolute atomic E-state index is 0.0912. The van der Waals surface area contributed by atoms with Crippen LogP contribution in [0.15, 0.2) is 64.3 Å². The van der Waals surface area contributed by atoms with Crippen molar-refractivity contribution in [1.29, 1.82) is 0 Å². The molecule has 0 radical (unpaired) electrons. The number of H-pyrrole nitrogens is 1. The molecule has 9 nitrogen and oxygen atoms in total. The van der Waals surface area contributed by atoms with Crippen LogP contribution in [0.25, 0.3) is 0 Å². The van der Waals surface area contributed by atoms with Crippen molar-refractivity contribution in [2.45, 2.75) is 31.8 Å². The highest BCUT2D eigenvalue weighted by Gasteiger charge is 2.40. The summed E-state index contributed by atoms with van der Waals surface area (Å²) in [6.45, 7) is 1.31. The van der Waals surface area contributed by atoms with Gasteiger partial charge in [0.05, 0.1) is 11.1 Å². The molecule has 1 aliphatic rings. The molecule has 182 valence electrons. The average molecular weight is 519 g/mol. The van der Waals surface area contributed by atoms with E-state index in [0.717, 1.165) is 0 Å². The molecular formula is C24H20Cl2N2O7. The zero-order valence-corrected chi connectivity index (χ0v) is 19.9. The summed E-state index contributed by atoms with van der Waals surface area (Å²) >= 11 is 11.7. The molecule has 35 heavy (non-hydrogen) atoms. The van der Waals surface area contributed by atoms with Gasteiger partial charge in [-0.05, 0) is 55.5 Å². The fourth-order valence-corrected chi connectivity index (χ4v) is 3.82. The Hall–Kier alpha value is -3.40. The van der Waals surface area contributed by atoms with Crippen molar-refractivity contribution in [2.75, 3.05) is 6.61 Å². The zero-order chi connectivity index (χ0) is 25.1. The smallest absolute Gasteiger partial charge is 0.338 e. The number of carbonyl (C=O) groups excluding carboxylic acids is 2. The quantitative estimate of drug-likeness (QED) is 0.496. The van der Waals surface area contributed by atoms with Crippen LogP contribution < -0.4 is 11.2 Å². The van der Waals surface area contributed by atoms with E-state index in [0.29, 0.717) is 15.6 Å². The van der Waals surface area contributed by atoms with Gasteiger partial charge in [-0.2, -0.15) is 0 Å². The number of aromatic nitrogens is 2. The van der Waals surface area contributed by atoms with Crippen molar-refractivity contribution in [3.8, 4) is 0 Å². The Balaban J connectivity index is 1.53. The second-order valence-electron chi connectivity index (χ2n) is 7.90. The van der Waals surface area contributed by atoms with Crippen molar-refractivity contribution >= 4 is 35.1 Å².